The Labute approximate surface area is 247 Å². The Morgan fingerprint density at radius 3 is 2.23 bits per heavy atom. The monoisotopic (exact) mass is 574 g/mol. The molecular weight excluding hydrogens is 544 g/mol. The van der Waals surface area contributed by atoms with Crippen molar-refractivity contribution in [1.82, 2.24) is 9.36 Å². The largest absolute Gasteiger partial charge is 0.507 e. The lowest BCUT2D eigenvalue weighted by molar-refractivity contribution is 0.284. The molecule has 0 unspecified atom stereocenters. The highest BCUT2D eigenvalue weighted by molar-refractivity contribution is 5.84. The molecule has 0 aliphatic heterocycles. The molecule has 0 bridgehead atoms. The molecule has 8 heteroatoms. The van der Waals surface area contributed by atoms with Crippen LogP contribution in [0.25, 0.3) is 16.7 Å². The molecule has 0 radical (unpaired) electrons. The Bertz CT molecular complexity index is 2040. The third kappa shape index (κ3) is 4.97. The minimum absolute atomic E-state index is 0.0373. The Hall–Kier alpha value is -5.50. The van der Waals surface area contributed by atoms with Gasteiger partial charge >= 0.3 is 5.63 Å². The van der Waals surface area contributed by atoms with E-state index < -0.39 is 11.5 Å². The lowest BCUT2D eigenvalue weighted by Crippen LogP contribution is -2.24. The van der Waals surface area contributed by atoms with Crippen LogP contribution >= 0.6 is 0 Å². The number of benzene rings is 4. The topological polar surface area (TPSA) is 95.8 Å². The first kappa shape index (κ1) is 27.7. The van der Waals surface area contributed by atoms with E-state index in [1.807, 2.05) is 67.6 Å². The molecule has 0 aliphatic rings. The highest BCUT2D eigenvalue weighted by atomic mass is 16.5. The van der Waals surface area contributed by atoms with Crippen molar-refractivity contribution in [2.24, 2.45) is 7.05 Å². The van der Waals surface area contributed by atoms with Gasteiger partial charge in [-0.3, -0.25) is 9.48 Å². The second-order valence-corrected chi connectivity index (χ2v) is 10.2. The molecule has 0 spiro atoms. The maximum atomic E-state index is 14.2. The lowest BCUT2D eigenvalue weighted by atomic mass is 9.84. The van der Waals surface area contributed by atoms with E-state index in [0.717, 1.165) is 5.56 Å². The summed E-state index contributed by atoms with van der Waals surface area (Å²) in [4.78, 5) is 27.8. The number of fused-ring (bicyclic) bond motifs is 1. The van der Waals surface area contributed by atoms with Crippen LogP contribution in [-0.2, 0) is 13.7 Å². The molecule has 4 aromatic carbocycles. The molecule has 0 fully saturated rings. The molecule has 0 aliphatic carbocycles. The number of rotatable bonds is 8. The molecule has 0 saturated heterocycles. The molecule has 1 atom stereocenters. The minimum atomic E-state index is -0.985. The van der Waals surface area contributed by atoms with Crippen LogP contribution in [0.15, 0.2) is 117 Å². The van der Waals surface area contributed by atoms with Crippen molar-refractivity contribution < 1.29 is 19.0 Å². The van der Waals surface area contributed by atoms with Gasteiger partial charge in [-0.15, -0.1) is 0 Å². The van der Waals surface area contributed by atoms with Gasteiger partial charge < -0.3 is 19.0 Å². The molecule has 6 rings (SSSR count). The number of para-hydroxylation sites is 2. The molecule has 43 heavy (non-hydrogen) atoms. The third-order valence-electron chi connectivity index (χ3n) is 7.75. The highest BCUT2D eigenvalue weighted by Crippen LogP contribution is 2.41. The van der Waals surface area contributed by atoms with Gasteiger partial charge in [0.05, 0.1) is 35.2 Å². The number of nitrogens with zero attached hydrogens (tertiary/aromatic N) is 2. The zero-order valence-electron chi connectivity index (χ0n) is 24.0. The van der Waals surface area contributed by atoms with E-state index in [1.54, 1.807) is 58.9 Å². The lowest BCUT2D eigenvalue weighted by Gasteiger charge is -2.20. The number of hydrogen-bond donors (Lipinski definition) is 1. The van der Waals surface area contributed by atoms with Gasteiger partial charge in [0, 0.05) is 12.7 Å². The molecule has 8 nitrogen and oxygen atoms in total. The molecule has 1 N–H and O–H groups in total. The molecule has 2 heterocycles. The number of aromatic hydroxyl groups is 1. The minimum Gasteiger partial charge on any atom is -0.507 e. The SMILES string of the molecule is COc1cc([C@@H](c2c(O)c3ccccc3oc2=O)c2c(C)n(C)n(-c3ccccc3)c2=O)ccc1OCc1ccccc1. The molecule has 0 saturated carbocycles. The van der Waals surface area contributed by atoms with Crippen LogP contribution in [0.5, 0.6) is 17.2 Å². The first-order chi connectivity index (χ1) is 20.9. The van der Waals surface area contributed by atoms with Crippen molar-refractivity contribution in [2.75, 3.05) is 7.11 Å². The van der Waals surface area contributed by atoms with Gasteiger partial charge in [-0.05, 0) is 54.4 Å². The van der Waals surface area contributed by atoms with Crippen LogP contribution in [0.4, 0.5) is 0 Å². The number of methoxy groups -OCH3 is 1. The molecule has 6 aromatic rings. The summed E-state index contributed by atoms with van der Waals surface area (Å²) in [7, 11) is 3.32. The van der Waals surface area contributed by atoms with Crippen molar-refractivity contribution in [3.05, 3.63) is 152 Å². The van der Waals surface area contributed by atoms with Gasteiger partial charge in [0.15, 0.2) is 11.5 Å². The molecule has 216 valence electrons. The van der Waals surface area contributed by atoms with Crippen LogP contribution in [0.2, 0.25) is 0 Å². The smallest absolute Gasteiger partial charge is 0.344 e. The fourth-order valence-electron chi connectivity index (χ4n) is 5.52. The number of ether oxygens (including phenoxy) is 2. The standard InChI is InChI=1S/C35H30N2O6/c1-22-30(34(39)37(36(22)2)25-14-8-5-9-15-25)31(32-33(38)26-16-10-11-17-27(26)43-35(32)40)24-18-19-28(29(20-24)41-3)42-21-23-12-6-4-7-13-23/h4-20,31,38H,21H2,1-3H3/t31-/m1/s1. The first-order valence-corrected chi connectivity index (χ1v) is 13.8. The van der Waals surface area contributed by atoms with E-state index in [0.29, 0.717) is 46.0 Å². The predicted octanol–water partition coefficient (Wildman–Crippen LogP) is 6.06. The Morgan fingerprint density at radius 1 is 0.837 bits per heavy atom. The second kappa shape index (κ2) is 11.4. The van der Waals surface area contributed by atoms with Crippen molar-refractivity contribution in [2.45, 2.75) is 19.4 Å². The Balaban J connectivity index is 1.57. The summed E-state index contributed by atoms with van der Waals surface area (Å²) in [5.41, 5.74) is 2.30. The summed E-state index contributed by atoms with van der Waals surface area (Å²) in [5.74, 6) is -0.314. The van der Waals surface area contributed by atoms with Gasteiger partial charge in [-0.1, -0.05) is 66.7 Å². The molecule has 2 aromatic heterocycles. The Kier molecular flexibility index (Phi) is 7.34. The van der Waals surface area contributed by atoms with E-state index in [-0.39, 0.29) is 22.5 Å². The number of aromatic nitrogens is 2. The predicted molar refractivity (Wildman–Crippen MR) is 165 cm³/mol. The van der Waals surface area contributed by atoms with Crippen molar-refractivity contribution in [1.29, 1.82) is 0 Å². The van der Waals surface area contributed by atoms with E-state index in [9.17, 15) is 14.7 Å². The van der Waals surface area contributed by atoms with Crippen molar-refractivity contribution in [3.63, 3.8) is 0 Å². The summed E-state index contributed by atoms with van der Waals surface area (Å²) < 4.78 is 20.7. The van der Waals surface area contributed by atoms with Gasteiger partial charge in [-0.2, -0.15) is 0 Å². The summed E-state index contributed by atoms with van der Waals surface area (Å²) in [5, 5.41) is 11.9. The normalized spacial score (nSPS) is 11.9. The van der Waals surface area contributed by atoms with Gasteiger partial charge in [0.25, 0.3) is 5.56 Å². The fourth-order valence-corrected chi connectivity index (χ4v) is 5.52. The number of hydrogen-bond acceptors (Lipinski definition) is 6. The molecule has 0 amide bonds. The average molecular weight is 575 g/mol. The van der Waals surface area contributed by atoms with E-state index >= 15 is 0 Å². The summed E-state index contributed by atoms with van der Waals surface area (Å²) >= 11 is 0. The summed E-state index contributed by atoms with van der Waals surface area (Å²) in [6.07, 6.45) is 0. The maximum Gasteiger partial charge on any atom is 0.344 e. The van der Waals surface area contributed by atoms with Gasteiger partial charge in [0.2, 0.25) is 0 Å². The fraction of sp³-hybridized carbons (Fsp3) is 0.143. The second-order valence-electron chi connectivity index (χ2n) is 10.2. The summed E-state index contributed by atoms with van der Waals surface area (Å²) in [6.45, 7) is 2.14. The summed E-state index contributed by atoms with van der Waals surface area (Å²) in [6, 6.07) is 31.0. The zero-order chi connectivity index (χ0) is 30.1. The van der Waals surface area contributed by atoms with E-state index in [1.165, 1.54) is 7.11 Å². The van der Waals surface area contributed by atoms with Crippen LogP contribution in [-0.4, -0.2) is 21.6 Å². The van der Waals surface area contributed by atoms with Crippen LogP contribution < -0.4 is 20.7 Å². The van der Waals surface area contributed by atoms with Gasteiger partial charge in [0.1, 0.15) is 17.9 Å². The van der Waals surface area contributed by atoms with Crippen LogP contribution in [0, 0.1) is 6.92 Å². The van der Waals surface area contributed by atoms with Crippen LogP contribution in [0.3, 0.4) is 0 Å². The van der Waals surface area contributed by atoms with Crippen molar-refractivity contribution >= 4 is 11.0 Å². The highest BCUT2D eigenvalue weighted by Gasteiger charge is 2.33. The Morgan fingerprint density at radius 2 is 1.51 bits per heavy atom. The molecular formula is C35H30N2O6. The third-order valence-corrected chi connectivity index (χ3v) is 7.75. The average Bonchev–Trinajstić information content (AvgIpc) is 3.25. The van der Waals surface area contributed by atoms with Crippen molar-refractivity contribution in [3.8, 4) is 22.9 Å². The first-order valence-electron chi connectivity index (χ1n) is 13.8. The van der Waals surface area contributed by atoms with E-state index in [4.69, 9.17) is 13.9 Å². The van der Waals surface area contributed by atoms with Gasteiger partial charge in [-0.25, -0.2) is 9.48 Å². The maximum absolute atomic E-state index is 14.2. The zero-order valence-corrected chi connectivity index (χ0v) is 24.0. The quantitative estimate of drug-likeness (QED) is 0.222. The van der Waals surface area contributed by atoms with Crippen LogP contribution in [0.1, 0.15) is 33.9 Å². The van der Waals surface area contributed by atoms with E-state index in [2.05, 4.69) is 0 Å².